The van der Waals surface area contributed by atoms with Crippen LogP contribution in [0.1, 0.15) is 10.4 Å². The van der Waals surface area contributed by atoms with E-state index in [1.165, 1.54) is 39.5 Å². The van der Waals surface area contributed by atoms with Crippen LogP contribution in [0.5, 0.6) is 0 Å². The molecular formula is C19H20FN3O4S. The Bertz CT molecular complexity index is 958. The van der Waals surface area contributed by atoms with Gasteiger partial charge in [-0.15, -0.1) is 0 Å². The van der Waals surface area contributed by atoms with Crippen molar-refractivity contribution in [1.29, 1.82) is 0 Å². The van der Waals surface area contributed by atoms with E-state index < -0.39 is 21.7 Å². The molecule has 1 fully saturated rings. The van der Waals surface area contributed by atoms with Gasteiger partial charge in [0.05, 0.1) is 11.4 Å². The molecule has 0 bridgehead atoms. The number of carbonyl (C=O) groups excluding carboxylic acids is 2. The van der Waals surface area contributed by atoms with Gasteiger partial charge in [0.15, 0.2) is 0 Å². The zero-order chi connectivity index (χ0) is 20.1. The van der Waals surface area contributed by atoms with Gasteiger partial charge in [-0.2, -0.15) is 4.31 Å². The lowest BCUT2D eigenvalue weighted by Crippen LogP contribution is -2.52. The number of hydrogen-bond acceptors (Lipinski definition) is 4. The maximum absolute atomic E-state index is 13.2. The van der Waals surface area contributed by atoms with E-state index in [0.717, 1.165) is 6.07 Å². The summed E-state index contributed by atoms with van der Waals surface area (Å²) in [6, 6.07) is 13.3. The van der Waals surface area contributed by atoms with Crippen LogP contribution in [0.25, 0.3) is 0 Å². The van der Waals surface area contributed by atoms with Crippen molar-refractivity contribution in [2.75, 3.05) is 32.7 Å². The Morgan fingerprint density at radius 1 is 0.964 bits per heavy atom. The normalized spacial score (nSPS) is 15.2. The van der Waals surface area contributed by atoms with Crippen LogP contribution in [0.2, 0.25) is 0 Å². The average Bonchev–Trinajstić information content (AvgIpc) is 2.72. The molecule has 0 aromatic heterocycles. The predicted octanol–water partition coefficient (Wildman–Crippen LogP) is 1.09. The van der Waals surface area contributed by atoms with E-state index in [1.807, 2.05) is 0 Å². The Kier molecular flexibility index (Phi) is 6.05. The fourth-order valence-electron chi connectivity index (χ4n) is 2.92. The Labute approximate surface area is 162 Å². The number of nitrogens with one attached hydrogen (secondary N) is 1. The number of amides is 2. The number of benzene rings is 2. The van der Waals surface area contributed by atoms with Crippen molar-refractivity contribution in [2.45, 2.75) is 4.90 Å². The van der Waals surface area contributed by atoms with Gasteiger partial charge in [0.1, 0.15) is 5.82 Å². The van der Waals surface area contributed by atoms with Gasteiger partial charge in [0, 0.05) is 31.7 Å². The second kappa shape index (κ2) is 8.49. The van der Waals surface area contributed by atoms with Crippen LogP contribution in [-0.2, 0) is 14.8 Å². The molecule has 3 rings (SSSR count). The zero-order valence-corrected chi connectivity index (χ0v) is 15.9. The first-order valence-corrected chi connectivity index (χ1v) is 10.2. The Hall–Kier alpha value is -2.78. The predicted molar refractivity (Wildman–Crippen MR) is 101 cm³/mol. The first kappa shape index (κ1) is 20.0. The van der Waals surface area contributed by atoms with E-state index in [4.69, 9.17) is 0 Å². The molecule has 1 aliphatic heterocycles. The first-order valence-electron chi connectivity index (χ1n) is 8.74. The molecule has 2 amide bonds. The topological polar surface area (TPSA) is 86.8 Å². The fourth-order valence-corrected chi connectivity index (χ4v) is 4.36. The quantitative estimate of drug-likeness (QED) is 0.807. The van der Waals surface area contributed by atoms with E-state index in [2.05, 4.69) is 5.32 Å². The van der Waals surface area contributed by atoms with Crippen molar-refractivity contribution in [2.24, 2.45) is 0 Å². The van der Waals surface area contributed by atoms with E-state index in [-0.39, 0.29) is 49.1 Å². The van der Waals surface area contributed by atoms with Gasteiger partial charge in [-0.3, -0.25) is 9.59 Å². The Balaban J connectivity index is 1.52. The van der Waals surface area contributed by atoms with E-state index >= 15 is 0 Å². The highest BCUT2D eigenvalue weighted by atomic mass is 32.2. The second-order valence-corrected chi connectivity index (χ2v) is 8.23. The summed E-state index contributed by atoms with van der Waals surface area (Å²) in [4.78, 5) is 26.0. The van der Waals surface area contributed by atoms with E-state index in [0.29, 0.717) is 0 Å². The maximum Gasteiger partial charge on any atom is 0.251 e. The van der Waals surface area contributed by atoms with Crippen LogP contribution in [0.3, 0.4) is 0 Å². The minimum atomic E-state index is -3.59. The standard InChI is InChI=1S/C19H20FN3O4S/c20-16-6-4-5-15(13-16)19(25)21-14-18(24)22-9-11-23(12-10-22)28(26,27)17-7-2-1-3-8-17/h1-8,13H,9-12,14H2,(H,21,25). The molecule has 148 valence electrons. The van der Waals surface area contributed by atoms with E-state index in [9.17, 15) is 22.4 Å². The van der Waals surface area contributed by atoms with Crippen molar-refractivity contribution in [3.8, 4) is 0 Å². The number of halogens is 1. The summed E-state index contributed by atoms with van der Waals surface area (Å²) in [5.41, 5.74) is 0.131. The number of carbonyl (C=O) groups is 2. The molecule has 1 saturated heterocycles. The lowest BCUT2D eigenvalue weighted by molar-refractivity contribution is -0.131. The second-order valence-electron chi connectivity index (χ2n) is 6.29. The monoisotopic (exact) mass is 405 g/mol. The van der Waals surface area contributed by atoms with Crippen LogP contribution in [0.4, 0.5) is 4.39 Å². The molecule has 7 nitrogen and oxygen atoms in total. The van der Waals surface area contributed by atoms with Crippen molar-refractivity contribution in [1.82, 2.24) is 14.5 Å². The first-order chi connectivity index (χ1) is 13.4. The lowest BCUT2D eigenvalue weighted by atomic mass is 10.2. The minimum absolute atomic E-state index is 0.131. The van der Waals surface area contributed by atoms with Crippen molar-refractivity contribution >= 4 is 21.8 Å². The highest BCUT2D eigenvalue weighted by molar-refractivity contribution is 7.89. The Morgan fingerprint density at radius 3 is 2.29 bits per heavy atom. The molecule has 0 radical (unpaired) electrons. The number of rotatable bonds is 5. The molecule has 1 N–H and O–H groups in total. The van der Waals surface area contributed by atoms with Gasteiger partial charge >= 0.3 is 0 Å². The highest BCUT2D eigenvalue weighted by Gasteiger charge is 2.29. The van der Waals surface area contributed by atoms with Gasteiger partial charge < -0.3 is 10.2 Å². The molecule has 1 aliphatic rings. The van der Waals surface area contributed by atoms with Crippen LogP contribution in [0.15, 0.2) is 59.5 Å². The summed E-state index contributed by atoms with van der Waals surface area (Å²) in [6.07, 6.45) is 0. The summed E-state index contributed by atoms with van der Waals surface area (Å²) in [7, 11) is -3.59. The summed E-state index contributed by atoms with van der Waals surface area (Å²) < 4.78 is 39.7. The summed E-state index contributed by atoms with van der Waals surface area (Å²) in [6.45, 7) is 0.601. The smallest absolute Gasteiger partial charge is 0.251 e. The van der Waals surface area contributed by atoms with Crippen molar-refractivity contribution in [3.05, 3.63) is 66.0 Å². The number of piperazine rings is 1. The molecule has 28 heavy (non-hydrogen) atoms. The molecule has 0 unspecified atom stereocenters. The van der Waals surface area contributed by atoms with Crippen molar-refractivity contribution < 1.29 is 22.4 Å². The molecule has 2 aromatic carbocycles. The number of sulfonamides is 1. The van der Waals surface area contributed by atoms with Gasteiger partial charge in [0.2, 0.25) is 15.9 Å². The maximum atomic E-state index is 13.2. The number of nitrogens with zero attached hydrogens (tertiary/aromatic N) is 2. The highest BCUT2D eigenvalue weighted by Crippen LogP contribution is 2.17. The van der Waals surface area contributed by atoms with Gasteiger partial charge in [-0.25, -0.2) is 12.8 Å². The molecule has 2 aromatic rings. The fraction of sp³-hybridized carbons (Fsp3) is 0.263. The van der Waals surface area contributed by atoms with Crippen LogP contribution in [-0.4, -0.2) is 62.2 Å². The molecule has 0 aliphatic carbocycles. The van der Waals surface area contributed by atoms with Gasteiger partial charge in [-0.1, -0.05) is 24.3 Å². The minimum Gasteiger partial charge on any atom is -0.343 e. The molecule has 0 saturated carbocycles. The zero-order valence-electron chi connectivity index (χ0n) is 15.0. The van der Waals surface area contributed by atoms with Gasteiger partial charge in [-0.05, 0) is 30.3 Å². The van der Waals surface area contributed by atoms with Crippen LogP contribution < -0.4 is 5.32 Å². The third-order valence-electron chi connectivity index (χ3n) is 4.46. The molecule has 1 heterocycles. The van der Waals surface area contributed by atoms with Gasteiger partial charge in [0.25, 0.3) is 5.91 Å². The Morgan fingerprint density at radius 2 is 1.64 bits per heavy atom. The average molecular weight is 405 g/mol. The molecule has 0 atom stereocenters. The summed E-state index contributed by atoms with van der Waals surface area (Å²) >= 11 is 0. The SMILES string of the molecule is O=C(NCC(=O)N1CCN(S(=O)(=O)c2ccccc2)CC1)c1cccc(F)c1. The molecule has 9 heteroatoms. The van der Waals surface area contributed by atoms with Crippen LogP contribution in [0, 0.1) is 5.82 Å². The van der Waals surface area contributed by atoms with Crippen LogP contribution >= 0.6 is 0 Å². The number of hydrogen-bond donors (Lipinski definition) is 1. The lowest BCUT2D eigenvalue weighted by Gasteiger charge is -2.34. The molecule has 0 spiro atoms. The third-order valence-corrected chi connectivity index (χ3v) is 6.37. The van der Waals surface area contributed by atoms with E-state index in [1.54, 1.807) is 18.2 Å². The molecular weight excluding hydrogens is 385 g/mol. The summed E-state index contributed by atoms with van der Waals surface area (Å²) in [5, 5.41) is 2.46. The van der Waals surface area contributed by atoms with Crippen molar-refractivity contribution in [3.63, 3.8) is 0 Å². The third kappa shape index (κ3) is 4.55. The summed E-state index contributed by atoms with van der Waals surface area (Å²) in [5.74, 6) is -1.39. The largest absolute Gasteiger partial charge is 0.343 e.